The molecule has 0 spiro atoms. The molecule has 4 nitrogen and oxygen atoms in total. The second-order valence-electron chi connectivity index (χ2n) is 3.02. The molecule has 86 valence electrons. The van der Waals surface area contributed by atoms with E-state index in [0.717, 1.165) is 0 Å². The Morgan fingerprint density at radius 2 is 2.06 bits per heavy atom. The maximum absolute atomic E-state index is 12.1. The number of anilines is 1. The fraction of sp³-hybridized carbons (Fsp3) is 0.222. The van der Waals surface area contributed by atoms with Crippen LogP contribution in [0.25, 0.3) is 0 Å². The first-order chi connectivity index (χ1) is 7.38. The van der Waals surface area contributed by atoms with Crippen molar-refractivity contribution in [2.24, 2.45) is 0 Å². The predicted molar refractivity (Wildman–Crippen MR) is 54.4 cm³/mol. The van der Waals surface area contributed by atoms with Crippen LogP contribution in [0, 0.1) is 18.3 Å². The molecule has 0 atom stereocenters. The van der Waals surface area contributed by atoms with Gasteiger partial charge in [-0.1, -0.05) is 12.1 Å². The number of benzene rings is 1. The van der Waals surface area contributed by atoms with E-state index < -0.39 is 15.8 Å². The highest BCUT2D eigenvalue weighted by Gasteiger charge is 2.24. The van der Waals surface area contributed by atoms with Crippen LogP contribution in [0.4, 0.5) is 14.5 Å². The van der Waals surface area contributed by atoms with Crippen LogP contribution in [-0.2, 0) is 10.0 Å². The third-order valence-corrected chi connectivity index (χ3v) is 2.84. The molecule has 0 aliphatic carbocycles. The fourth-order valence-electron chi connectivity index (χ4n) is 1.10. The van der Waals surface area contributed by atoms with Crippen LogP contribution in [0.2, 0.25) is 0 Å². The van der Waals surface area contributed by atoms with E-state index >= 15 is 0 Å². The molecule has 0 unspecified atom stereocenters. The van der Waals surface area contributed by atoms with Gasteiger partial charge >= 0.3 is 5.76 Å². The van der Waals surface area contributed by atoms with Crippen molar-refractivity contribution in [2.75, 3.05) is 4.72 Å². The van der Waals surface area contributed by atoms with Crippen LogP contribution in [0.3, 0.4) is 0 Å². The summed E-state index contributed by atoms with van der Waals surface area (Å²) in [5.41, 5.74) is 0.409. The Morgan fingerprint density at radius 3 is 2.56 bits per heavy atom. The van der Waals surface area contributed by atoms with E-state index in [1.165, 1.54) is 12.1 Å². The summed E-state index contributed by atoms with van der Waals surface area (Å²) in [6, 6.07) is 6.06. The number of alkyl halides is 2. The van der Waals surface area contributed by atoms with Gasteiger partial charge in [0.15, 0.2) is 0 Å². The number of aryl methyl sites for hydroxylation is 1. The summed E-state index contributed by atoms with van der Waals surface area (Å²) >= 11 is 0. The molecule has 0 aromatic heterocycles. The molecule has 0 aliphatic rings. The number of rotatable bonds is 3. The number of nitriles is 1. The Balaban J connectivity index is 3.18. The SMILES string of the molecule is Cc1cccc(NS(=O)(=O)C(F)F)c1C#N. The Bertz CT molecular complexity index is 535. The first-order valence-corrected chi connectivity index (χ1v) is 5.72. The summed E-state index contributed by atoms with van der Waals surface area (Å²) in [6.45, 7) is 1.58. The van der Waals surface area contributed by atoms with Gasteiger partial charge < -0.3 is 0 Å². The summed E-state index contributed by atoms with van der Waals surface area (Å²) in [5.74, 6) is -3.53. The van der Waals surface area contributed by atoms with E-state index in [0.29, 0.717) is 5.56 Å². The van der Waals surface area contributed by atoms with E-state index in [2.05, 4.69) is 0 Å². The Kier molecular flexibility index (Phi) is 3.44. The maximum Gasteiger partial charge on any atom is 0.355 e. The molecule has 0 radical (unpaired) electrons. The first-order valence-electron chi connectivity index (χ1n) is 4.18. The molecule has 0 amide bonds. The zero-order valence-electron chi connectivity index (χ0n) is 8.24. The average molecular weight is 246 g/mol. The molecule has 0 bridgehead atoms. The zero-order valence-corrected chi connectivity index (χ0v) is 9.05. The van der Waals surface area contributed by atoms with Crippen molar-refractivity contribution in [3.8, 4) is 6.07 Å². The molecule has 0 aliphatic heterocycles. The lowest BCUT2D eigenvalue weighted by Gasteiger charge is -2.09. The van der Waals surface area contributed by atoms with Crippen LogP contribution >= 0.6 is 0 Å². The highest BCUT2D eigenvalue weighted by atomic mass is 32.2. The van der Waals surface area contributed by atoms with Gasteiger partial charge in [0.1, 0.15) is 6.07 Å². The van der Waals surface area contributed by atoms with E-state index in [1.807, 2.05) is 0 Å². The summed E-state index contributed by atoms with van der Waals surface area (Å²) in [4.78, 5) is 0. The van der Waals surface area contributed by atoms with Crippen molar-refractivity contribution in [1.29, 1.82) is 5.26 Å². The van der Waals surface area contributed by atoms with E-state index in [4.69, 9.17) is 5.26 Å². The Labute approximate surface area is 91.6 Å². The molecule has 0 saturated carbocycles. The molecule has 7 heteroatoms. The molecule has 0 heterocycles. The van der Waals surface area contributed by atoms with Gasteiger partial charge in [-0.2, -0.15) is 14.0 Å². The number of nitrogens with one attached hydrogen (secondary N) is 1. The van der Waals surface area contributed by atoms with Gasteiger partial charge in [0.25, 0.3) is 10.0 Å². The summed E-state index contributed by atoms with van der Waals surface area (Å²) in [6.07, 6.45) is 0. The lowest BCUT2D eigenvalue weighted by Crippen LogP contribution is -2.21. The number of halogens is 2. The molecule has 1 aromatic rings. The summed E-state index contributed by atoms with van der Waals surface area (Å²) in [7, 11) is -4.74. The normalized spacial score (nSPS) is 11.2. The minimum absolute atomic E-state index is 0.0340. The second-order valence-corrected chi connectivity index (χ2v) is 4.67. The standard InChI is InChI=1S/C9H8F2N2O2S/c1-6-3-2-4-8(7(6)5-12)13-16(14,15)9(10)11/h2-4,9,13H,1H3. The van der Waals surface area contributed by atoms with Gasteiger partial charge in [0.05, 0.1) is 11.3 Å². The van der Waals surface area contributed by atoms with Gasteiger partial charge in [-0.25, -0.2) is 8.42 Å². The topological polar surface area (TPSA) is 70.0 Å². The number of nitrogens with zero attached hydrogens (tertiary/aromatic N) is 1. The summed E-state index contributed by atoms with van der Waals surface area (Å²) in [5, 5.41) is 8.76. The van der Waals surface area contributed by atoms with Gasteiger partial charge in [0, 0.05) is 0 Å². The van der Waals surface area contributed by atoms with Crippen molar-refractivity contribution < 1.29 is 17.2 Å². The number of hydrogen-bond donors (Lipinski definition) is 1. The van der Waals surface area contributed by atoms with Crippen molar-refractivity contribution >= 4 is 15.7 Å². The highest BCUT2D eigenvalue weighted by Crippen LogP contribution is 2.21. The van der Waals surface area contributed by atoms with E-state index in [-0.39, 0.29) is 11.3 Å². The largest absolute Gasteiger partial charge is 0.355 e. The van der Waals surface area contributed by atoms with Crippen molar-refractivity contribution in [1.82, 2.24) is 0 Å². The highest BCUT2D eigenvalue weighted by molar-refractivity contribution is 7.93. The molecule has 1 N–H and O–H groups in total. The number of sulfonamides is 1. The Hall–Kier alpha value is -1.68. The maximum atomic E-state index is 12.1. The van der Waals surface area contributed by atoms with Crippen LogP contribution in [0.1, 0.15) is 11.1 Å². The van der Waals surface area contributed by atoms with Crippen molar-refractivity contribution in [3.05, 3.63) is 29.3 Å². The second kappa shape index (κ2) is 4.45. The van der Waals surface area contributed by atoms with Crippen LogP contribution < -0.4 is 4.72 Å². The minimum Gasteiger partial charge on any atom is -0.277 e. The monoisotopic (exact) mass is 246 g/mol. The fourth-order valence-corrected chi connectivity index (χ4v) is 1.66. The molecule has 0 fully saturated rings. The minimum atomic E-state index is -4.74. The van der Waals surface area contributed by atoms with E-state index in [1.54, 1.807) is 23.8 Å². The van der Waals surface area contributed by atoms with Crippen LogP contribution in [-0.4, -0.2) is 14.2 Å². The Morgan fingerprint density at radius 1 is 1.44 bits per heavy atom. The third kappa shape index (κ3) is 2.46. The molecular weight excluding hydrogens is 238 g/mol. The zero-order chi connectivity index (χ0) is 12.3. The number of hydrogen-bond acceptors (Lipinski definition) is 3. The van der Waals surface area contributed by atoms with Crippen LogP contribution in [0.15, 0.2) is 18.2 Å². The molecular formula is C9H8F2N2O2S. The lowest BCUT2D eigenvalue weighted by atomic mass is 10.1. The summed E-state index contributed by atoms with van der Waals surface area (Å²) < 4.78 is 47.7. The van der Waals surface area contributed by atoms with Gasteiger partial charge in [0.2, 0.25) is 0 Å². The smallest absolute Gasteiger partial charge is 0.277 e. The van der Waals surface area contributed by atoms with Crippen LogP contribution in [0.5, 0.6) is 0 Å². The first kappa shape index (κ1) is 12.4. The van der Waals surface area contributed by atoms with Gasteiger partial charge in [-0.15, -0.1) is 0 Å². The lowest BCUT2D eigenvalue weighted by molar-refractivity contribution is 0.236. The molecule has 16 heavy (non-hydrogen) atoms. The third-order valence-electron chi connectivity index (χ3n) is 1.87. The van der Waals surface area contributed by atoms with Crippen molar-refractivity contribution in [2.45, 2.75) is 12.7 Å². The van der Waals surface area contributed by atoms with Crippen molar-refractivity contribution in [3.63, 3.8) is 0 Å². The van der Waals surface area contributed by atoms with Gasteiger partial charge in [-0.05, 0) is 18.6 Å². The predicted octanol–water partition coefficient (Wildman–Crippen LogP) is 1.83. The van der Waals surface area contributed by atoms with E-state index in [9.17, 15) is 17.2 Å². The quantitative estimate of drug-likeness (QED) is 0.884. The molecule has 1 rings (SSSR count). The van der Waals surface area contributed by atoms with Gasteiger partial charge in [-0.3, -0.25) is 4.72 Å². The molecule has 0 saturated heterocycles. The molecule has 1 aromatic carbocycles. The average Bonchev–Trinajstić information content (AvgIpc) is 2.17.